The predicted molar refractivity (Wildman–Crippen MR) is 45.6 cm³/mol. The summed E-state index contributed by atoms with van der Waals surface area (Å²) in [6, 6.07) is 0. The molecule has 0 saturated heterocycles. The minimum atomic E-state index is -0.741. The largest absolute Gasteiger partial charge is 0.393 e. The van der Waals surface area contributed by atoms with Gasteiger partial charge >= 0.3 is 0 Å². The van der Waals surface area contributed by atoms with Crippen LogP contribution in [0.2, 0.25) is 0 Å². The van der Waals surface area contributed by atoms with E-state index in [2.05, 4.69) is 0 Å². The summed E-state index contributed by atoms with van der Waals surface area (Å²) < 4.78 is 0. The second kappa shape index (κ2) is 3.73. The molecule has 5 unspecified atom stereocenters. The van der Waals surface area contributed by atoms with Crippen LogP contribution in [0.4, 0.5) is 0 Å². The molecule has 3 N–H and O–H groups in total. The van der Waals surface area contributed by atoms with Gasteiger partial charge in [0, 0.05) is 5.92 Å². The molecule has 0 aromatic rings. The van der Waals surface area contributed by atoms with E-state index in [1.807, 2.05) is 6.92 Å². The third-order valence-corrected chi connectivity index (χ3v) is 2.99. The number of aliphatic hydroxyl groups excluding tert-OH is 3. The summed E-state index contributed by atoms with van der Waals surface area (Å²) in [4.78, 5) is 0. The molecule has 0 bridgehead atoms. The van der Waals surface area contributed by atoms with Gasteiger partial charge in [-0.3, -0.25) is 0 Å². The molecule has 0 aromatic heterocycles. The standard InChI is InChI=1S/C9H18O3/c1-3-6-4-7(5(2)10)9(12)8(6)11/h5-12H,3-4H2,1-2H3. The van der Waals surface area contributed by atoms with Crippen LogP contribution in [0.25, 0.3) is 0 Å². The molecular formula is C9H18O3. The molecule has 0 aliphatic heterocycles. The first-order valence-electron chi connectivity index (χ1n) is 4.62. The monoisotopic (exact) mass is 174 g/mol. The maximum Gasteiger partial charge on any atom is 0.0854 e. The summed E-state index contributed by atoms with van der Waals surface area (Å²) >= 11 is 0. The van der Waals surface area contributed by atoms with Crippen molar-refractivity contribution in [2.45, 2.75) is 45.0 Å². The lowest BCUT2D eigenvalue weighted by Crippen LogP contribution is -2.32. The number of aliphatic hydroxyl groups is 3. The van der Waals surface area contributed by atoms with E-state index in [0.29, 0.717) is 0 Å². The van der Waals surface area contributed by atoms with Gasteiger partial charge in [-0.05, 0) is 19.3 Å². The molecular weight excluding hydrogens is 156 g/mol. The van der Waals surface area contributed by atoms with Gasteiger partial charge in [0.15, 0.2) is 0 Å². The van der Waals surface area contributed by atoms with E-state index in [1.54, 1.807) is 6.92 Å². The van der Waals surface area contributed by atoms with Crippen LogP contribution in [0.15, 0.2) is 0 Å². The van der Waals surface area contributed by atoms with E-state index in [0.717, 1.165) is 12.8 Å². The van der Waals surface area contributed by atoms with Gasteiger partial charge in [0.05, 0.1) is 18.3 Å². The van der Waals surface area contributed by atoms with Gasteiger partial charge < -0.3 is 15.3 Å². The molecule has 1 saturated carbocycles. The van der Waals surface area contributed by atoms with Crippen molar-refractivity contribution in [1.82, 2.24) is 0 Å². The molecule has 1 fully saturated rings. The number of hydrogen-bond acceptors (Lipinski definition) is 3. The summed E-state index contributed by atoms with van der Waals surface area (Å²) in [7, 11) is 0. The lowest BCUT2D eigenvalue weighted by atomic mass is 9.98. The molecule has 12 heavy (non-hydrogen) atoms. The van der Waals surface area contributed by atoms with Crippen LogP contribution in [0.3, 0.4) is 0 Å². The van der Waals surface area contributed by atoms with Crippen molar-refractivity contribution in [2.75, 3.05) is 0 Å². The van der Waals surface area contributed by atoms with Crippen LogP contribution < -0.4 is 0 Å². The highest BCUT2D eigenvalue weighted by Crippen LogP contribution is 2.35. The van der Waals surface area contributed by atoms with Crippen LogP contribution in [0.5, 0.6) is 0 Å². The Morgan fingerprint density at radius 1 is 1.33 bits per heavy atom. The summed E-state index contributed by atoms with van der Waals surface area (Å²) in [5.74, 6) is 0.00421. The van der Waals surface area contributed by atoms with Gasteiger partial charge in [-0.2, -0.15) is 0 Å². The first-order chi connectivity index (χ1) is 5.57. The molecule has 0 radical (unpaired) electrons. The first-order valence-corrected chi connectivity index (χ1v) is 4.62. The summed E-state index contributed by atoms with van der Waals surface area (Å²) in [5.41, 5.74) is 0. The van der Waals surface area contributed by atoms with Gasteiger partial charge in [-0.25, -0.2) is 0 Å². The SMILES string of the molecule is CCC1CC(C(C)O)C(O)C1O. The number of hydrogen-bond donors (Lipinski definition) is 3. The van der Waals surface area contributed by atoms with E-state index < -0.39 is 18.3 Å². The fourth-order valence-electron chi connectivity index (χ4n) is 2.05. The maximum absolute atomic E-state index is 9.52. The quantitative estimate of drug-likeness (QED) is 0.558. The lowest BCUT2D eigenvalue weighted by Gasteiger charge is -2.18. The Morgan fingerprint density at radius 2 is 1.92 bits per heavy atom. The molecule has 1 rings (SSSR count). The molecule has 0 amide bonds. The second-order valence-electron chi connectivity index (χ2n) is 3.79. The molecule has 3 nitrogen and oxygen atoms in total. The molecule has 0 heterocycles. The summed E-state index contributed by atoms with van der Waals surface area (Å²) in [5, 5.41) is 28.3. The van der Waals surface area contributed by atoms with E-state index in [1.165, 1.54) is 0 Å². The molecule has 72 valence electrons. The van der Waals surface area contributed by atoms with E-state index in [4.69, 9.17) is 0 Å². The van der Waals surface area contributed by atoms with Crippen molar-refractivity contribution in [3.63, 3.8) is 0 Å². The highest BCUT2D eigenvalue weighted by molar-refractivity contribution is 4.92. The van der Waals surface area contributed by atoms with Crippen LogP contribution in [-0.2, 0) is 0 Å². The third-order valence-electron chi connectivity index (χ3n) is 2.99. The topological polar surface area (TPSA) is 60.7 Å². The van der Waals surface area contributed by atoms with E-state index in [9.17, 15) is 15.3 Å². The van der Waals surface area contributed by atoms with Gasteiger partial charge in [0.25, 0.3) is 0 Å². The van der Waals surface area contributed by atoms with Gasteiger partial charge in [-0.15, -0.1) is 0 Å². The molecule has 5 atom stereocenters. The fourth-order valence-corrected chi connectivity index (χ4v) is 2.05. The van der Waals surface area contributed by atoms with Crippen molar-refractivity contribution in [3.05, 3.63) is 0 Å². The Morgan fingerprint density at radius 3 is 2.17 bits per heavy atom. The van der Waals surface area contributed by atoms with Crippen molar-refractivity contribution in [1.29, 1.82) is 0 Å². The summed E-state index contributed by atoms with van der Waals surface area (Å²) in [6.07, 6.45) is -0.312. The Bertz CT molecular complexity index is 147. The predicted octanol–water partition coefficient (Wildman–Crippen LogP) is 0.135. The Hall–Kier alpha value is -0.120. The van der Waals surface area contributed by atoms with Crippen LogP contribution in [0, 0.1) is 11.8 Å². The lowest BCUT2D eigenvalue weighted by molar-refractivity contribution is -0.0229. The first kappa shape index (κ1) is 9.96. The highest BCUT2D eigenvalue weighted by atomic mass is 16.3. The van der Waals surface area contributed by atoms with Crippen LogP contribution in [-0.4, -0.2) is 33.6 Å². The minimum absolute atomic E-state index is 0.148. The summed E-state index contributed by atoms with van der Waals surface area (Å²) in [6.45, 7) is 3.66. The average Bonchev–Trinajstić information content (AvgIpc) is 2.30. The zero-order chi connectivity index (χ0) is 9.30. The Labute approximate surface area is 73.0 Å². The molecule has 3 heteroatoms. The Kier molecular flexibility index (Phi) is 3.09. The van der Waals surface area contributed by atoms with Gasteiger partial charge in [0.2, 0.25) is 0 Å². The molecule has 1 aliphatic carbocycles. The van der Waals surface area contributed by atoms with Crippen LogP contribution in [0.1, 0.15) is 26.7 Å². The van der Waals surface area contributed by atoms with Gasteiger partial charge in [-0.1, -0.05) is 13.3 Å². The van der Waals surface area contributed by atoms with Crippen molar-refractivity contribution >= 4 is 0 Å². The minimum Gasteiger partial charge on any atom is -0.393 e. The maximum atomic E-state index is 9.52. The normalized spacial score (nSPS) is 44.8. The molecule has 0 spiro atoms. The average molecular weight is 174 g/mol. The number of rotatable bonds is 2. The van der Waals surface area contributed by atoms with Crippen molar-refractivity contribution < 1.29 is 15.3 Å². The smallest absolute Gasteiger partial charge is 0.0854 e. The fraction of sp³-hybridized carbons (Fsp3) is 1.00. The third kappa shape index (κ3) is 1.63. The highest BCUT2D eigenvalue weighted by Gasteiger charge is 2.42. The van der Waals surface area contributed by atoms with Gasteiger partial charge in [0.1, 0.15) is 0 Å². The molecule has 0 aromatic carbocycles. The second-order valence-corrected chi connectivity index (χ2v) is 3.79. The van der Waals surface area contributed by atoms with Crippen LogP contribution >= 0.6 is 0 Å². The molecule has 1 aliphatic rings. The zero-order valence-electron chi connectivity index (χ0n) is 7.64. The Balaban J connectivity index is 2.60. The zero-order valence-corrected chi connectivity index (χ0v) is 7.64. The van der Waals surface area contributed by atoms with Crippen molar-refractivity contribution in [3.8, 4) is 0 Å². The van der Waals surface area contributed by atoms with Crippen molar-refractivity contribution in [2.24, 2.45) is 11.8 Å². The van der Waals surface area contributed by atoms with E-state index in [-0.39, 0.29) is 11.8 Å². The van der Waals surface area contributed by atoms with E-state index >= 15 is 0 Å².